The van der Waals surface area contributed by atoms with E-state index in [1.165, 1.54) is 32.1 Å². The minimum Gasteiger partial charge on any atom is -0.396 e. The normalized spacial score (nSPS) is 21.9. The average Bonchev–Trinajstić information content (AvgIpc) is 2.28. The zero-order valence-electron chi connectivity index (χ0n) is 10.4. The van der Waals surface area contributed by atoms with Crippen molar-refractivity contribution >= 4 is 7.37 Å². The van der Waals surface area contributed by atoms with Gasteiger partial charge in [-0.15, -0.1) is 0 Å². The van der Waals surface area contributed by atoms with E-state index in [-0.39, 0.29) is 6.61 Å². The number of aliphatic hydroxyl groups excluding tert-OH is 1. The molecule has 1 saturated carbocycles. The van der Waals surface area contributed by atoms with Crippen LogP contribution in [0.1, 0.15) is 45.4 Å². The van der Waals surface area contributed by atoms with Gasteiger partial charge in [0, 0.05) is 18.9 Å². The first-order chi connectivity index (χ1) is 7.70. The Morgan fingerprint density at radius 1 is 1.31 bits per heavy atom. The molecule has 16 heavy (non-hydrogen) atoms. The maximum Gasteiger partial charge on any atom is 0.203 e. The molecule has 0 spiro atoms. The fraction of sp³-hybridized carbons (Fsp3) is 1.00. The van der Waals surface area contributed by atoms with E-state index in [2.05, 4.69) is 0 Å². The molecule has 0 aliphatic heterocycles. The van der Waals surface area contributed by atoms with E-state index in [0.717, 1.165) is 6.16 Å². The lowest BCUT2D eigenvalue weighted by Crippen LogP contribution is -2.14. The molecular weight excluding hydrogens is 223 g/mol. The van der Waals surface area contributed by atoms with E-state index in [1.807, 2.05) is 6.92 Å². The fourth-order valence-corrected chi connectivity index (χ4v) is 5.18. The Labute approximate surface area is 99.0 Å². The molecule has 0 aromatic rings. The summed E-state index contributed by atoms with van der Waals surface area (Å²) < 4.78 is 18.0. The standard InChI is InChI=1S/C12H25O3P/c1-2-15-16(14,10-6-9-13)11-12-7-4-3-5-8-12/h12-13H,2-11H2,1H3/t16-/m0/s1. The molecule has 0 saturated heterocycles. The second-order valence-corrected chi connectivity index (χ2v) is 7.42. The highest BCUT2D eigenvalue weighted by atomic mass is 31.2. The molecule has 0 unspecified atom stereocenters. The lowest BCUT2D eigenvalue weighted by atomic mass is 9.91. The minimum absolute atomic E-state index is 0.113. The number of aliphatic hydroxyl groups is 1. The summed E-state index contributed by atoms with van der Waals surface area (Å²) in [5, 5.41) is 8.83. The summed E-state index contributed by atoms with van der Waals surface area (Å²) in [6, 6.07) is 0. The second kappa shape index (κ2) is 7.47. The molecule has 1 aliphatic rings. The van der Waals surface area contributed by atoms with E-state index >= 15 is 0 Å². The Morgan fingerprint density at radius 3 is 2.56 bits per heavy atom. The van der Waals surface area contributed by atoms with Gasteiger partial charge in [-0.05, 0) is 32.1 Å². The van der Waals surface area contributed by atoms with Crippen LogP contribution in [0.2, 0.25) is 0 Å². The summed E-state index contributed by atoms with van der Waals surface area (Å²) >= 11 is 0. The van der Waals surface area contributed by atoms with Gasteiger partial charge in [-0.25, -0.2) is 0 Å². The van der Waals surface area contributed by atoms with Gasteiger partial charge in [-0.1, -0.05) is 19.3 Å². The molecular formula is C12H25O3P. The minimum atomic E-state index is -2.46. The fourth-order valence-electron chi connectivity index (χ4n) is 2.52. The first-order valence-electron chi connectivity index (χ1n) is 6.53. The van der Waals surface area contributed by atoms with Gasteiger partial charge in [0.05, 0.1) is 6.61 Å². The van der Waals surface area contributed by atoms with Gasteiger partial charge >= 0.3 is 0 Å². The van der Waals surface area contributed by atoms with Crippen molar-refractivity contribution in [3.05, 3.63) is 0 Å². The van der Waals surface area contributed by atoms with Crippen LogP contribution in [-0.4, -0.2) is 30.6 Å². The zero-order valence-corrected chi connectivity index (χ0v) is 11.3. The van der Waals surface area contributed by atoms with Gasteiger partial charge in [0.1, 0.15) is 0 Å². The maximum absolute atomic E-state index is 12.5. The summed E-state index contributed by atoms with van der Waals surface area (Å²) in [5.41, 5.74) is 0. The largest absolute Gasteiger partial charge is 0.396 e. The lowest BCUT2D eigenvalue weighted by molar-refractivity contribution is 0.284. The molecule has 1 atom stereocenters. The Kier molecular flexibility index (Phi) is 6.64. The van der Waals surface area contributed by atoms with Crippen LogP contribution in [0.15, 0.2) is 0 Å². The predicted octanol–water partition coefficient (Wildman–Crippen LogP) is 3.26. The van der Waals surface area contributed by atoms with Gasteiger partial charge < -0.3 is 9.63 Å². The summed E-state index contributed by atoms with van der Waals surface area (Å²) in [6.45, 7) is 2.53. The third-order valence-electron chi connectivity index (χ3n) is 3.28. The summed E-state index contributed by atoms with van der Waals surface area (Å²) in [5.74, 6) is 0.588. The molecule has 4 heteroatoms. The van der Waals surface area contributed by atoms with Crippen molar-refractivity contribution in [2.45, 2.75) is 45.4 Å². The van der Waals surface area contributed by atoms with Gasteiger partial charge in [0.2, 0.25) is 7.37 Å². The molecule has 0 amide bonds. The van der Waals surface area contributed by atoms with Crippen molar-refractivity contribution < 1.29 is 14.2 Å². The predicted molar refractivity (Wildman–Crippen MR) is 67.2 cm³/mol. The quantitative estimate of drug-likeness (QED) is 0.703. The lowest BCUT2D eigenvalue weighted by Gasteiger charge is -2.26. The molecule has 1 N–H and O–H groups in total. The topological polar surface area (TPSA) is 46.5 Å². The number of hydrogen-bond donors (Lipinski definition) is 1. The van der Waals surface area contributed by atoms with Gasteiger partial charge in [0.15, 0.2) is 0 Å². The molecule has 0 aromatic carbocycles. The van der Waals surface area contributed by atoms with Crippen molar-refractivity contribution in [2.24, 2.45) is 5.92 Å². The van der Waals surface area contributed by atoms with Crippen molar-refractivity contribution in [3.63, 3.8) is 0 Å². The second-order valence-electron chi connectivity index (χ2n) is 4.72. The monoisotopic (exact) mass is 248 g/mol. The molecule has 0 radical (unpaired) electrons. The smallest absolute Gasteiger partial charge is 0.203 e. The molecule has 0 heterocycles. The Balaban J connectivity index is 2.44. The van der Waals surface area contributed by atoms with Crippen molar-refractivity contribution in [2.75, 3.05) is 25.5 Å². The van der Waals surface area contributed by atoms with Crippen molar-refractivity contribution in [3.8, 4) is 0 Å². The van der Waals surface area contributed by atoms with Gasteiger partial charge in [-0.3, -0.25) is 4.57 Å². The zero-order chi connectivity index (χ0) is 11.9. The molecule has 0 bridgehead atoms. The Morgan fingerprint density at radius 2 is 2.00 bits per heavy atom. The average molecular weight is 248 g/mol. The molecule has 0 aromatic heterocycles. The summed E-state index contributed by atoms with van der Waals surface area (Å²) in [6.07, 6.45) is 8.17. The highest BCUT2D eigenvalue weighted by Gasteiger charge is 2.27. The first kappa shape index (κ1) is 14.2. The van der Waals surface area contributed by atoms with Crippen LogP contribution in [0.4, 0.5) is 0 Å². The van der Waals surface area contributed by atoms with Crippen molar-refractivity contribution in [1.29, 1.82) is 0 Å². The Bertz CT molecular complexity index is 224. The van der Waals surface area contributed by atoms with Crippen LogP contribution in [0.25, 0.3) is 0 Å². The Hall–Kier alpha value is 0.150. The molecule has 1 fully saturated rings. The molecule has 3 nitrogen and oxygen atoms in total. The highest BCUT2D eigenvalue weighted by Crippen LogP contribution is 2.50. The third kappa shape index (κ3) is 4.99. The van der Waals surface area contributed by atoms with Crippen LogP contribution in [0, 0.1) is 5.92 Å². The summed E-state index contributed by atoms with van der Waals surface area (Å²) in [7, 11) is -2.46. The molecule has 96 valence electrons. The van der Waals surface area contributed by atoms with Crippen LogP contribution in [-0.2, 0) is 9.09 Å². The highest BCUT2D eigenvalue weighted by molar-refractivity contribution is 7.59. The van der Waals surface area contributed by atoms with Crippen LogP contribution in [0.5, 0.6) is 0 Å². The maximum atomic E-state index is 12.5. The van der Waals surface area contributed by atoms with E-state index in [4.69, 9.17) is 9.63 Å². The number of hydrogen-bond acceptors (Lipinski definition) is 3. The molecule has 1 rings (SSSR count). The SMILES string of the molecule is CCO[P@@](=O)(CCCO)CC1CCCCC1. The van der Waals surface area contributed by atoms with E-state index in [9.17, 15) is 4.57 Å². The third-order valence-corrected chi connectivity index (χ3v) is 6.08. The van der Waals surface area contributed by atoms with E-state index in [0.29, 0.717) is 25.1 Å². The van der Waals surface area contributed by atoms with Crippen LogP contribution in [0.3, 0.4) is 0 Å². The first-order valence-corrected chi connectivity index (χ1v) is 8.53. The van der Waals surface area contributed by atoms with Crippen molar-refractivity contribution in [1.82, 2.24) is 0 Å². The van der Waals surface area contributed by atoms with Gasteiger partial charge in [-0.2, -0.15) is 0 Å². The number of rotatable bonds is 7. The summed E-state index contributed by atoms with van der Waals surface area (Å²) in [4.78, 5) is 0. The van der Waals surface area contributed by atoms with E-state index in [1.54, 1.807) is 0 Å². The van der Waals surface area contributed by atoms with E-state index < -0.39 is 7.37 Å². The van der Waals surface area contributed by atoms with Crippen LogP contribution < -0.4 is 0 Å². The van der Waals surface area contributed by atoms with Crippen LogP contribution >= 0.6 is 7.37 Å². The molecule has 1 aliphatic carbocycles. The van der Waals surface area contributed by atoms with Gasteiger partial charge in [0.25, 0.3) is 0 Å².